The second-order valence-electron chi connectivity index (χ2n) is 4.56. The van der Waals surface area contributed by atoms with E-state index in [4.69, 9.17) is 14.2 Å². The van der Waals surface area contributed by atoms with Gasteiger partial charge in [0.1, 0.15) is 6.61 Å². The van der Waals surface area contributed by atoms with Crippen molar-refractivity contribution in [1.82, 2.24) is 5.32 Å². The summed E-state index contributed by atoms with van der Waals surface area (Å²) in [6.45, 7) is 2.80. The maximum atomic E-state index is 5.56. The lowest BCUT2D eigenvalue weighted by Gasteiger charge is -2.08. The fourth-order valence-electron chi connectivity index (χ4n) is 2.07. The Bertz CT molecular complexity index is 458. The van der Waals surface area contributed by atoms with E-state index < -0.39 is 0 Å². The highest BCUT2D eigenvalue weighted by atomic mass is 16.5. The van der Waals surface area contributed by atoms with Crippen LogP contribution in [0, 0.1) is 11.8 Å². The van der Waals surface area contributed by atoms with Crippen molar-refractivity contribution >= 4 is 0 Å². The molecule has 0 spiro atoms. The number of hydrogen-bond donors (Lipinski definition) is 1. The summed E-state index contributed by atoms with van der Waals surface area (Å²) in [6, 6.07) is 7.56. The molecule has 0 saturated carbocycles. The highest BCUT2D eigenvalue weighted by Crippen LogP contribution is 2.25. The van der Waals surface area contributed by atoms with E-state index in [9.17, 15) is 0 Å². The molecule has 2 rings (SSSR count). The Labute approximate surface area is 120 Å². The lowest BCUT2D eigenvalue weighted by Crippen LogP contribution is -2.26. The molecule has 1 fully saturated rings. The van der Waals surface area contributed by atoms with Gasteiger partial charge in [-0.2, -0.15) is 0 Å². The molecule has 1 aliphatic heterocycles. The van der Waals surface area contributed by atoms with Gasteiger partial charge in [-0.15, -0.1) is 0 Å². The van der Waals surface area contributed by atoms with E-state index in [1.165, 1.54) is 6.42 Å². The van der Waals surface area contributed by atoms with E-state index >= 15 is 0 Å². The van der Waals surface area contributed by atoms with Gasteiger partial charge in [-0.25, -0.2) is 0 Å². The molecule has 1 aromatic rings. The zero-order valence-electron chi connectivity index (χ0n) is 11.9. The molecular formula is C16H21NO3. The van der Waals surface area contributed by atoms with Crippen molar-refractivity contribution in [3.8, 4) is 23.3 Å². The Morgan fingerprint density at radius 1 is 1.30 bits per heavy atom. The molecule has 1 aliphatic rings. The topological polar surface area (TPSA) is 39.7 Å². The molecule has 1 aromatic carbocycles. The minimum absolute atomic E-state index is 0.363. The van der Waals surface area contributed by atoms with Crippen LogP contribution in [-0.2, 0) is 4.74 Å². The molecule has 0 aliphatic carbocycles. The molecule has 0 bridgehead atoms. The zero-order valence-corrected chi connectivity index (χ0v) is 11.9. The number of rotatable bonds is 6. The van der Waals surface area contributed by atoms with Gasteiger partial charge in [-0.3, -0.25) is 0 Å². The molecule has 1 N–H and O–H groups in total. The minimum Gasteiger partial charge on any atom is -0.493 e. The van der Waals surface area contributed by atoms with Gasteiger partial charge in [0, 0.05) is 13.2 Å². The lowest BCUT2D eigenvalue weighted by molar-refractivity contribution is 0.111. The van der Waals surface area contributed by atoms with Crippen LogP contribution in [0.1, 0.15) is 12.8 Å². The smallest absolute Gasteiger partial charge is 0.162 e. The first kappa shape index (κ1) is 14.7. The van der Waals surface area contributed by atoms with Crippen LogP contribution >= 0.6 is 0 Å². The molecule has 0 unspecified atom stereocenters. The zero-order chi connectivity index (χ0) is 14.0. The summed E-state index contributed by atoms with van der Waals surface area (Å²) < 4.78 is 16.3. The van der Waals surface area contributed by atoms with Crippen LogP contribution in [0.15, 0.2) is 24.3 Å². The van der Waals surface area contributed by atoms with Crippen molar-refractivity contribution in [1.29, 1.82) is 0 Å². The Hall–Kier alpha value is -1.70. The summed E-state index contributed by atoms with van der Waals surface area (Å²) in [5, 5.41) is 3.27. The van der Waals surface area contributed by atoms with Crippen LogP contribution in [0.3, 0.4) is 0 Å². The van der Waals surface area contributed by atoms with Crippen molar-refractivity contribution in [2.24, 2.45) is 0 Å². The molecule has 20 heavy (non-hydrogen) atoms. The van der Waals surface area contributed by atoms with Gasteiger partial charge in [0.25, 0.3) is 0 Å². The molecule has 1 atom stereocenters. The summed E-state index contributed by atoms with van der Waals surface area (Å²) in [4.78, 5) is 0. The second kappa shape index (κ2) is 8.47. The Morgan fingerprint density at radius 3 is 2.90 bits per heavy atom. The summed E-state index contributed by atoms with van der Waals surface area (Å²) in [6.07, 6.45) is 2.68. The van der Waals surface area contributed by atoms with Crippen LogP contribution in [0.25, 0.3) is 0 Å². The van der Waals surface area contributed by atoms with E-state index in [0.717, 1.165) is 31.1 Å². The van der Waals surface area contributed by atoms with Gasteiger partial charge in [0.2, 0.25) is 0 Å². The van der Waals surface area contributed by atoms with Crippen LogP contribution < -0.4 is 14.8 Å². The van der Waals surface area contributed by atoms with E-state index in [-0.39, 0.29) is 0 Å². The predicted octanol–water partition coefficient (Wildman–Crippen LogP) is 1.85. The lowest BCUT2D eigenvalue weighted by atomic mass is 10.2. The number of hydrogen-bond acceptors (Lipinski definition) is 4. The van der Waals surface area contributed by atoms with Gasteiger partial charge in [-0.1, -0.05) is 24.0 Å². The third-order valence-corrected chi connectivity index (χ3v) is 3.10. The van der Waals surface area contributed by atoms with Gasteiger partial charge in [0.15, 0.2) is 11.5 Å². The fourth-order valence-corrected chi connectivity index (χ4v) is 2.07. The second-order valence-corrected chi connectivity index (χ2v) is 4.56. The highest BCUT2D eigenvalue weighted by Gasteiger charge is 2.13. The number of benzene rings is 1. The summed E-state index contributed by atoms with van der Waals surface area (Å²) in [5.41, 5.74) is 0. The Kier molecular flexibility index (Phi) is 6.22. The molecule has 4 heteroatoms. The molecule has 1 heterocycles. The van der Waals surface area contributed by atoms with Crippen molar-refractivity contribution in [3.63, 3.8) is 0 Å². The Balaban J connectivity index is 1.62. The van der Waals surface area contributed by atoms with Crippen molar-refractivity contribution < 1.29 is 14.2 Å². The van der Waals surface area contributed by atoms with Gasteiger partial charge in [0.05, 0.1) is 19.8 Å². The van der Waals surface area contributed by atoms with E-state index in [1.807, 2.05) is 24.3 Å². The molecule has 0 amide bonds. The quantitative estimate of drug-likeness (QED) is 0.635. The van der Waals surface area contributed by atoms with Crippen LogP contribution in [0.4, 0.5) is 0 Å². The average Bonchev–Trinajstić information content (AvgIpc) is 3.00. The number of nitrogens with one attached hydrogen (secondary N) is 1. The summed E-state index contributed by atoms with van der Waals surface area (Å²) in [7, 11) is 1.63. The summed E-state index contributed by atoms with van der Waals surface area (Å²) >= 11 is 0. The largest absolute Gasteiger partial charge is 0.493 e. The average molecular weight is 275 g/mol. The van der Waals surface area contributed by atoms with E-state index in [0.29, 0.717) is 19.3 Å². The van der Waals surface area contributed by atoms with Crippen molar-refractivity contribution in [2.75, 3.05) is 33.4 Å². The molecule has 0 aromatic heterocycles. The van der Waals surface area contributed by atoms with Crippen LogP contribution in [0.2, 0.25) is 0 Å². The van der Waals surface area contributed by atoms with E-state index in [1.54, 1.807) is 7.11 Å². The molecule has 1 saturated heterocycles. The number of para-hydroxylation sites is 2. The first-order valence-corrected chi connectivity index (χ1v) is 6.94. The third kappa shape index (κ3) is 4.76. The van der Waals surface area contributed by atoms with Crippen LogP contribution in [-0.4, -0.2) is 39.5 Å². The summed E-state index contributed by atoms with van der Waals surface area (Å²) in [5.74, 6) is 7.46. The van der Waals surface area contributed by atoms with Crippen molar-refractivity contribution in [2.45, 2.75) is 18.9 Å². The van der Waals surface area contributed by atoms with Crippen molar-refractivity contribution in [3.05, 3.63) is 24.3 Å². The predicted molar refractivity (Wildman–Crippen MR) is 78.1 cm³/mol. The molecule has 0 radical (unpaired) electrons. The van der Waals surface area contributed by atoms with Gasteiger partial charge in [-0.05, 0) is 25.0 Å². The normalized spacial score (nSPS) is 17.4. The monoisotopic (exact) mass is 275 g/mol. The fraction of sp³-hybridized carbons (Fsp3) is 0.500. The first-order valence-electron chi connectivity index (χ1n) is 6.94. The third-order valence-electron chi connectivity index (χ3n) is 3.10. The minimum atomic E-state index is 0.363. The number of methoxy groups -OCH3 is 1. The SMILES string of the molecule is COc1ccccc1OCC#CCNC[C@H]1CCCO1. The molecular weight excluding hydrogens is 254 g/mol. The Morgan fingerprint density at radius 2 is 2.15 bits per heavy atom. The molecule has 4 nitrogen and oxygen atoms in total. The first-order chi connectivity index (χ1) is 9.90. The molecule has 108 valence electrons. The van der Waals surface area contributed by atoms with Crippen LogP contribution in [0.5, 0.6) is 11.5 Å². The maximum absolute atomic E-state index is 5.56. The maximum Gasteiger partial charge on any atom is 0.162 e. The van der Waals surface area contributed by atoms with Gasteiger partial charge >= 0.3 is 0 Å². The number of ether oxygens (including phenoxy) is 3. The highest BCUT2D eigenvalue weighted by molar-refractivity contribution is 5.39. The standard InChI is InChI=1S/C16H21NO3/c1-18-15-8-2-3-9-16(15)20-11-5-4-10-17-13-14-7-6-12-19-14/h2-3,8-9,14,17H,6-7,10-13H2,1H3/t14-/m1/s1. The van der Waals surface area contributed by atoms with E-state index in [2.05, 4.69) is 17.2 Å². The van der Waals surface area contributed by atoms with Gasteiger partial charge < -0.3 is 19.5 Å².